The number of halogens is 1. The Hall–Kier alpha value is -3.39. The molecule has 188 valence electrons. The van der Waals surface area contributed by atoms with Gasteiger partial charge in [0.1, 0.15) is 0 Å². The monoisotopic (exact) mass is 507 g/mol. The molecule has 0 radical (unpaired) electrons. The van der Waals surface area contributed by atoms with E-state index < -0.39 is 6.04 Å². The van der Waals surface area contributed by atoms with Crippen LogP contribution in [0.15, 0.2) is 66.7 Å². The van der Waals surface area contributed by atoms with E-state index in [4.69, 9.17) is 11.6 Å². The molecule has 0 aliphatic carbocycles. The highest BCUT2D eigenvalue weighted by molar-refractivity contribution is 6.30. The van der Waals surface area contributed by atoms with Gasteiger partial charge in [-0.15, -0.1) is 0 Å². The second-order valence-electron chi connectivity index (χ2n) is 9.06. The van der Waals surface area contributed by atoms with Crippen molar-refractivity contribution in [2.45, 2.75) is 38.4 Å². The first kappa shape index (κ1) is 25.7. The predicted octanol–water partition coefficient (Wildman–Crippen LogP) is 4.39. The maximum absolute atomic E-state index is 12.5. The third-order valence-electron chi connectivity index (χ3n) is 6.46. The maximum Gasteiger partial charge on any atom is 0.251 e. The first-order chi connectivity index (χ1) is 17.3. The van der Waals surface area contributed by atoms with Crippen LogP contribution in [-0.4, -0.2) is 47.3 Å². The number of nitrogens with one attached hydrogen (secondary N) is 2. The first-order valence-electron chi connectivity index (χ1n) is 11.9. The number of aliphatic hydroxyl groups is 2. The smallest absolute Gasteiger partial charge is 0.251 e. The summed E-state index contributed by atoms with van der Waals surface area (Å²) in [6.45, 7) is 2.97. The van der Waals surface area contributed by atoms with Crippen molar-refractivity contribution in [1.29, 1.82) is 0 Å². The fraction of sp³-hybridized carbons (Fsp3) is 0.286. The van der Waals surface area contributed by atoms with E-state index in [0.717, 1.165) is 34.5 Å². The highest BCUT2D eigenvalue weighted by atomic mass is 35.5. The second-order valence-corrected chi connectivity index (χ2v) is 9.50. The summed E-state index contributed by atoms with van der Waals surface area (Å²) in [5.74, 6) is -0.362. The van der Waals surface area contributed by atoms with Crippen LogP contribution in [-0.2, 0) is 4.79 Å². The SMILES string of the molecule is CC(=O)N1c2ccc(-c3ccc(C(=O)NC(CO)CO)cc3)cc2C(Nc2ccc(Cl)cc2)CC1C. The van der Waals surface area contributed by atoms with E-state index in [-0.39, 0.29) is 37.1 Å². The molecule has 4 N–H and O–H groups in total. The second kappa shape index (κ2) is 11.1. The quantitative estimate of drug-likeness (QED) is 0.380. The molecule has 0 fully saturated rings. The van der Waals surface area contributed by atoms with E-state index in [0.29, 0.717) is 10.6 Å². The third-order valence-corrected chi connectivity index (χ3v) is 6.71. The van der Waals surface area contributed by atoms with Crippen LogP contribution in [0.5, 0.6) is 0 Å². The molecular weight excluding hydrogens is 478 g/mol. The Morgan fingerprint density at radius 2 is 1.64 bits per heavy atom. The molecule has 0 saturated carbocycles. The number of carbonyl (C=O) groups excluding carboxylic acids is 2. The number of amides is 2. The van der Waals surface area contributed by atoms with Crippen molar-refractivity contribution in [2.24, 2.45) is 0 Å². The minimum Gasteiger partial charge on any atom is -0.394 e. The minimum absolute atomic E-state index is 0.000806. The number of rotatable bonds is 7. The van der Waals surface area contributed by atoms with Gasteiger partial charge < -0.3 is 25.7 Å². The average molecular weight is 508 g/mol. The summed E-state index contributed by atoms with van der Waals surface area (Å²) in [4.78, 5) is 26.7. The molecule has 0 aromatic heterocycles. The van der Waals surface area contributed by atoms with E-state index in [9.17, 15) is 19.8 Å². The van der Waals surface area contributed by atoms with Gasteiger partial charge in [0.25, 0.3) is 5.91 Å². The van der Waals surface area contributed by atoms with Gasteiger partial charge in [-0.05, 0) is 78.6 Å². The van der Waals surface area contributed by atoms with Gasteiger partial charge in [-0.2, -0.15) is 0 Å². The molecule has 0 spiro atoms. The number of hydrogen-bond acceptors (Lipinski definition) is 5. The van der Waals surface area contributed by atoms with E-state index in [2.05, 4.69) is 23.6 Å². The summed E-state index contributed by atoms with van der Waals surface area (Å²) in [7, 11) is 0. The summed E-state index contributed by atoms with van der Waals surface area (Å²) >= 11 is 6.05. The van der Waals surface area contributed by atoms with Crippen LogP contribution in [0.2, 0.25) is 5.02 Å². The molecule has 1 aliphatic heterocycles. The van der Waals surface area contributed by atoms with Crippen LogP contribution >= 0.6 is 11.6 Å². The Morgan fingerprint density at radius 1 is 1.00 bits per heavy atom. The molecule has 3 aromatic carbocycles. The zero-order valence-electron chi connectivity index (χ0n) is 20.2. The predicted molar refractivity (Wildman–Crippen MR) is 142 cm³/mol. The highest BCUT2D eigenvalue weighted by Crippen LogP contribution is 2.41. The van der Waals surface area contributed by atoms with Gasteiger partial charge in [-0.1, -0.05) is 29.8 Å². The Balaban J connectivity index is 1.65. The van der Waals surface area contributed by atoms with Crippen molar-refractivity contribution in [1.82, 2.24) is 5.32 Å². The Labute approximate surface area is 215 Å². The molecule has 2 unspecified atom stereocenters. The highest BCUT2D eigenvalue weighted by Gasteiger charge is 2.32. The van der Waals surface area contributed by atoms with Crippen molar-refractivity contribution in [3.05, 3.63) is 82.9 Å². The van der Waals surface area contributed by atoms with Crippen molar-refractivity contribution in [3.8, 4) is 11.1 Å². The molecule has 7 nitrogen and oxygen atoms in total. The van der Waals surface area contributed by atoms with Crippen LogP contribution in [0.25, 0.3) is 11.1 Å². The molecule has 8 heteroatoms. The summed E-state index contributed by atoms with van der Waals surface area (Å²) < 4.78 is 0. The van der Waals surface area contributed by atoms with Gasteiger partial charge >= 0.3 is 0 Å². The van der Waals surface area contributed by atoms with Crippen molar-refractivity contribution < 1.29 is 19.8 Å². The van der Waals surface area contributed by atoms with Gasteiger partial charge in [0, 0.05) is 34.9 Å². The molecule has 4 rings (SSSR count). The van der Waals surface area contributed by atoms with Crippen molar-refractivity contribution >= 4 is 34.8 Å². The Kier molecular flexibility index (Phi) is 7.94. The molecular formula is C28H30ClN3O4. The number of anilines is 2. The molecule has 0 saturated heterocycles. The van der Waals surface area contributed by atoms with Crippen LogP contribution in [0.4, 0.5) is 11.4 Å². The first-order valence-corrected chi connectivity index (χ1v) is 12.3. The molecule has 36 heavy (non-hydrogen) atoms. The lowest BCUT2D eigenvalue weighted by molar-refractivity contribution is -0.117. The molecule has 1 aliphatic rings. The average Bonchev–Trinajstić information content (AvgIpc) is 2.88. The van der Waals surface area contributed by atoms with E-state index >= 15 is 0 Å². The standard InChI is InChI=1S/C28H30ClN3O4/c1-17-13-26(30-23-10-8-22(29)9-11-23)25-14-21(7-12-27(25)32(17)18(2)35)19-3-5-20(6-4-19)28(36)31-24(15-33)16-34/h3-12,14,17,24,26,30,33-34H,13,15-16H2,1-2H3,(H,31,36). The number of carbonyl (C=O) groups is 2. The summed E-state index contributed by atoms with van der Waals surface area (Å²) in [6.07, 6.45) is 0.745. The lowest BCUT2D eigenvalue weighted by Gasteiger charge is -2.39. The van der Waals surface area contributed by atoms with Crippen LogP contribution in [0, 0.1) is 0 Å². The van der Waals surface area contributed by atoms with Crippen LogP contribution in [0.3, 0.4) is 0 Å². The number of hydrogen-bond donors (Lipinski definition) is 4. The largest absolute Gasteiger partial charge is 0.394 e. The number of benzene rings is 3. The van der Waals surface area contributed by atoms with Crippen molar-refractivity contribution in [2.75, 3.05) is 23.4 Å². The Bertz CT molecular complexity index is 1230. The summed E-state index contributed by atoms with van der Waals surface area (Å²) in [5.41, 5.74) is 5.17. The van der Waals surface area contributed by atoms with E-state index in [1.54, 1.807) is 19.1 Å². The third kappa shape index (κ3) is 5.54. The van der Waals surface area contributed by atoms with Gasteiger partial charge in [-0.3, -0.25) is 9.59 Å². The van der Waals surface area contributed by atoms with Gasteiger partial charge in [0.2, 0.25) is 5.91 Å². The topological polar surface area (TPSA) is 102 Å². The number of fused-ring (bicyclic) bond motifs is 1. The number of aliphatic hydroxyl groups excluding tert-OH is 2. The minimum atomic E-state index is -0.700. The van der Waals surface area contributed by atoms with Gasteiger partial charge in [0.15, 0.2) is 0 Å². The summed E-state index contributed by atoms with van der Waals surface area (Å²) in [5, 5.41) is 25.3. The fourth-order valence-electron chi connectivity index (χ4n) is 4.64. The molecule has 3 aromatic rings. The van der Waals surface area contributed by atoms with Gasteiger partial charge in [-0.25, -0.2) is 0 Å². The zero-order chi connectivity index (χ0) is 25.8. The van der Waals surface area contributed by atoms with Crippen LogP contribution < -0.4 is 15.5 Å². The normalized spacial score (nSPS) is 17.0. The summed E-state index contributed by atoms with van der Waals surface area (Å²) in [6, 6.07) is 20.1. The lowest BCUT2D eigenvalue weighted by Crippen LogP contribution is -2.43. The van der Waals surface area contributed by atoms with Crippen LogP contribution in [0.1, 0.15) is 42.2 Å². The lowest BCUT2D eigenvalue weighted by atomic mass is 9.88. The Morgan fingerprint density at radius 3 is 2.25 bits per heavy atom. The maximum atomic E-state index is 12.5. The number of nitrogens with zero attached hydrogens (tertiary/aromatic N) is 1. The van der Waals surface area contributed by atoms with Crippen molar-refractivity contribution in [3.63, 3.8) is 0 Å². The molecule has 2 amide bonds. The van der Waals surface area contributed by atoms with E-state index in [1.165, 1.54) is 0 Å². The molecule has 0 bridgehead atoms. The fourth-order valence-corrected chi connectivity index (χ4v) is 4.77. The zero-order valence-corrected chi connectivity index (χ0v) is 21.0. The van der Waals surface area contributed by atoms with Gasteiger partial charge in [0.05, 0.1) is 25.3 Å². The molecule has 1 heterocycles. The molecule has 2 atom stereocenters. The van der Waals surface area contributed by atoms with E-state index in [1.807, 2.05) is 53.4 Å².